The van der Waals surface area contributed by atoms with Crippen LogP contribution in [0, 0.1) is 5.82 Å². The van der Waals surface area contributed by atoms with Crippen molar-refractivity contribution in [2.45, 2.75) is 25.3 Å². The monoisotopic (exact) mass is 280 g/mol. The lowest BCUT2D eigenvalue weighted by molar-refractivity contribution is 0.251. The SMILES string of the molecule is CN(CCC(N)c1ccc(F)cn1)CCN1CCCC1. The second kappa shape index (κ2) is 7.67. The maximum absolute atomic E-state index is 12.8. The number of aromatic nitrogens is 1. The Morgan fingerprint density at radius 2 is 2.10 bits per heavy atom. The van der Waals surface area contributed by atoms with E-state index in [-0.39, 0.29) is 11.9 Å². The molecule has 0 amide bonds. The van der Waals surface area contributed by atoms with Crippen LogP contribution in [0.3, 0.4) is 0 Å². The summed E-state index contributed by atoms with van der Waals surface area (Å²) in [5.41, 5.74) is 6.85. The van der Waals surface area contributed by atoms with Crippen molar-refractivity contribution >= 4 is 0 Å². The zero-order valence-corrected chi connectivity index (χ0v) is 12.3. The van der Waals surface area contributed by atoms with Crippen LogP contribution >= 0.6 is 0 Å². The van der Waals surface area contributed by atoms with Crippen LogP contribution in [0.5, 0.6) is 0 Å². The lowest BCUT2D eigenvalue weighted by Crippen LogP contribution is -2.33. The van der Waals surface area contributed by atoms with Crippen molar-refractivity contribution in [2.24, 2.45) is 5.73 Å². The highest BCUT2D eigenvalue weighted by molar-refractivity contribution is 5.09. The molecule has 1 aromatic rings. The van der Waals surface area contributed by atoms with Crippen molar-refractivity contribution in [3.63, 3.8) is 0 Å². The topological polar surface area (TPSA) is 45.4 Å². The van der Waals surface area contributed by atoms with Crippen molar-refractivity contribution in [2.75, 3.05) is 39.8 Å². The Hall–Kier alpha value is -1.04. The van der Waals surface area contributed by atoms with Gasteiger partial charge in [-0.05, 0) is 58.1 Å². The van der Waals surface area contributed by atoms with Crippen LogP contribution in [-0.4, -0.2) is 54.6 Å². The van der Waals surface area contributed by atoms with Gasteiger partial charge in [-0.1, -0.05) is 0 Å². The van der Waals surface area contributed by atoms with Gasteiger partial charge in [-0.2, -0.15) is 0 Å². The fourth-order valence-corrected chi connectivity index (χ4v) is 2.54. The van der Waals surface area contributed by atoms with Gasteiger partial charge < -0.3 is 15.5 Å². The number of halogens is 1. The maximum atomic E-state index is 12.8. The van der Waals surface area contributed by atoms with Gasteiger partial charge in [-0.25, -0.2) is 4.39 Å². The number of nitrogens with zero attached hydrogens (tertiary/aromatic N) is 3. The molecule has 2 heterocycles. The Kier molecular flexibility index (Phi) is 5.88. The quantitative estimate of drug-likeness (QED) is 0.825. The number of nitrogens with two attached hydrogens (primary N) is 1. The van der Waals surface area contributed by atoms with E-state index in [1.807, 2.05) is 0 Å². The molecule has 1 atom stereocenters. The normalized spacial score (nSPS) is 17.8. The smallest absolute Gasteiger partial charge is 0.141 e. The molecule has 1 unspecified atom stereocenters. The van der Waals surface area contributed by atoms with Crippen LogP contribution in [-0.2, 0) is 0 Å². The molecule has 1 saturated heterocycles. The van der Waals surface area contributed by atoms with Gasteiger partial charge in [-0.15, -0.1) is 0 Å². The van der Waals surface area contributed by atoms with E-state index in [4.69, 9.17) is 5.73 Å². The summed E-state index contributed by atoms with van der Waals surface area (Å²) < 4.78 is 12.8. The van der Waals surface area contributed by atoms with Crippen molar-refractivity contribution in [1.29, 1.82) is 0 Å². The average Bonchev–Trinajstić information content (AvgIpc) is 2.96. The Morgan fingerprint density at radius 1 is 1.35 bits per heavy atom. The summed E-state index contributed by atoms with van der Waals surface area (Å²) in [6.07, 6.45) is 4.75. The van der Waals surface area contributed by atoms with Gasteiger partial charge in [-0.3, -0.25) is 4.98 Å². The Balaban J connectivity index is 1.66. The molecule has 0 radical (unpaired) electrons. The minimum absolute atomic E-state index is 0.121. The molecule has 112 valence electrons. The predicted octanol–water partition coefficient (Wildman–Crippen LogP) is 1.64. The van der Waals surface area contributed by atoms with Gasteiger partial charge in [0, 0.05) is 19.1 Å². The van der Waals surface area contributed by atoms with E-state index in [0.29, 0.717) is 0 Å². The number of pyridine rings is 1. The first-order valence-corrected chi connectivity index (χ1v) is 7.43. The van der Waals surface area contributed by atoms with E-state index in [1.54, 1.807) is 6.07 Å². The molecular weight excluding hydrogens is 255 g/mol. The average molecular weight is 280 g/mol. The summed E-state index contributed by atoms with van der Waals surface area (Å²) in [4.78, 5) is 8.86. The minimum Gasteiger partial charge on any atom is -0.323 e. The van der Waals surface area contributed by atoms with Gasteiger partial charge in [0.1, 0.15) is 5.82 Å². The number of rotatable bonds is 7. The summed E-state index contributed by atoms with van der Waals surface area (Å²) in [6, 6.07) is 2.97. The lowest BCUT2D eigenvalue weighted by Gasteiger charge is -2.22. The Morgan fingerprint density at radius 3 is 2.75 bits per heavy atom. The molecule has 0 aliphatic carbocycles. The molecule has 5 heteroatoms. The highest BCUT2D eigenvalue weighted by Gasteiger charge is 2.13. The third-order valence-corrected chi connectivity index (χ3v) is 3.95. The fourth-order valence-electron chi connectivity index (χ4n) is 2.54. The van der Waals surface area contributed by atoms with E-state index < -0.39 is 0 Å². The molecule has 4 nitrogen and oxygen atoms in total. The van der Waals surface area contributed by atoms with Gasteiger partial charge in [0.15, 0.2) is 0 Å². The number of hydrogen-bond donors (Lipinski definition) is 1. The molecule has 20 heavy (non-hydrogen) atoms. The largest absolute Gasteiger partial charge is 0.323 e. The van der Waals surface area contributed by atoms with Crippen LogP contribution in [0.15, 0.2) is 18.3 Å². The highest BCUT2D eigenvalue weighted by atomic mass is 19.1. The fraction of sp³-hybridized carbons (Fsp3) is 0.667. The van der Waals surface area contributed by atoms with E-state index in [9.17, 15) is 4.39 Å². The van der Waals surface area contributed by atoms with E-state index in [2.05, 4.69) is 21.8 Å². The minimum atomic E-state index is -0.316. The molecule has 2 rings (SSSR count). The van der Waals surface area contributed by atoms with Gasteiger partial charge in [0.25, 0.3) is 0 Å². The summed E-state index contributed by atoms with van der Waals surface area (Å²) in [7, 11) is 2.13. The Labute approximate surface area is 120 Å². The van der Waals surface area contributed by atoms with Gasteiger partial charge in [0.05, 0.1) is 11.9 Å². The third kappa shape index (κ3) is 4.81. The first-order valence-electron chi connectivity index (χ1n) is 7.43. The highest BCUT2D eigenvalue weighted by Crippen LogP contribution is 2.12. The molecule has 1 aromatic heterocycles. The second-order valence-electron chi connectivity index (χ2n) is 5.65. The maximum Gasteiger partial charge on any atom is 0.141 e. The summed E-state index contributed by atoms with van der Waals surface area (Å²) in [6.45, 7) is 5.64. The summed E-state index contributed by atoms with van der Waals surface area (Å²) in [5.74, 6) is -0.316. The standard InChI is InChI=1S/C15H25FN4/c1-19(10-11-20-7-2-3-8-20)9-6-14(17)15-5-4-13(16)12-18-15/h4-5,12,14H,2-3,6-11,17H2,1H3. The molecule has 0 saturated carbocycles. The zero-order valence-electron chi connectivity index (χ0n) is 12.3. The molecule has 0 spiro atoms. The van der Waals surface area contributed by atoms with Crippen molar-refractivity contribution in [3.8, 4) is 0 Å². The molecule has 2 N–H and O–H groups in total. The summed E-state index contributed by atoms with van der Waals surface area (Å²) in [5, 5.41) is 0. The predicted molar refractivity (Wildman–Crippen MR) is 78.9 cm³/mol. The number of likely N-dealkylation sites (N-methyl/N-ethyl adjacent to an activating group) is 1. The molecule has 1 fully saturated rings. The van der Waals surface area contributed by atoms with Crippen LogP contribution in [0.2, 0.25) is 0 Å². The molecule has 0 aromatic carbocycles. The molecule has 1 aliphatic heterocycles. The van der Waals surface area contributed by atoms with E-state index in [0.717, 1.165) is 31.7 Å². The Bertz CT molecular complexity index is 389. The van der Waals surface area contributed by atoms with Crippen molar-refractivity contribution < 1.29 is 4.39 Å². The lowest BCUT2D eigenvalue weighted by atomic mass is 10.1. The molecule has 0 bridgehead atoms. The third-order valence-electron chi connectivity index (χ3n) is 3.95. The number of hydrogen-bond acceptors (Lipinski definition) is 4. The zero-order chi connectivity index (χ0) is 14.4. The molecular formula is C15H25FN4. The van der Waals surface area contributed by atoms with E-state index >= 15 is 0 Å². The first kappa shape index (κ1) is 15.4. The van der Waals surface area contributed by atoms with E-state index in [1.165, 1.54) is 38.2 Å². The van der Waals surface area contributed by atoms with Crippen molar-refractivity contribution in [3.05, 3.63) is 29.8 Å². The van der Waals surface area contributed by atoms with Crippen LogP contribution < -0.4 is 5.73 Å². The summed E-state index contributed by atoms with van der Waals surface area (Å²) >= 11 is 0. The van der Waals surface area contributed by atoms with Gasteiger partial charge >= 0.3 is 0 Å². The van der Waals surface area contributed by atoms with Crippen LogP contribution in [0.1, 0.15) is 31.0 Å². The first-order chi connectivity index (χ1) is 9.65. The van der Waals surface area contributed by atoms with Gasteiger partial charge in [0.2, 0.25) is 0 Å². The number of likely N-dealkylation sites (tertiary alicyclic amines) is 1. The van der Waals surface area contributed by atoms with Crippen LogP contribution in [0.25, 0.3) is 0 Å². The second-order valence-corrected chi connectivity index (χ2v) is 5.65. The van der Waals surface area contributed by atoms with Crippen molar-refractivity contribution in [1.82, 2.24) is 14.8 Å². The molecule has 1 aliphatic rings. The van der Waals surface area contributed by atoms with Crippen LogP contribution in [0.4, 0.5) is 4.39 Å².